The molecule has 1 N–H and O–H groups in total. The Morgan fingerprint density at radius 2 is 2.08 bits per heavy atom. The van der Waals surface area contributed by atoms with Gasteiger partial charge in [0.05, 0.1) is 0 Å². The molecule has 0 aliphatic carbocycles. The van der Waals surface area contributed by atoms with Crippen molar-refractivity contribution in [2.45, 2.75) is 39.2 Å². The van der Waals surface area contributed by atoms with Gasteiger partial charge in [0, 0.05) is 6.42 Å². The van der Waals surface area contributed by atoms with E-state index in [4.69, 9.17) is 4.42 Å². The fourth-order valence-corrected chi connectivity index (χ4v) is 0.816. The summed E-state index contributed by atoms with van der Waals surface area (Å²) in [7, 11) is 0. The minimum atomic E-state index is -1.03. The largest absolute Gasteiger partial charge is 0.422 e. The summed E-state index contributed by atoms with van der Waals surface area (Å²) in [6.07, 6.45) is 1.73. The van der Waals surface area contributed by atoms with Crippen LogP contribution in [0.15, 0.2) is 4.42 Å². The normalized spacial score (nSPS) is 12.0. The van der Waals surface area contributed by atoms with Gasteiger partial charge >= 0.3 is 0 Å². The highest BCUT2D eigenvalue weighted by molar-refractivity contribution is 4.91. The molecule has 0 unspecified atom stereocenters. The van der Waals surface area contributed by atoms with Crippen molar-refractivity contribution in [2.24, 2.45) is 0 Å². The van der Waals surface area contributed by atoms with E-state index in [-0.39, 0.29) is 5.89 Å². The van der Waals surface area contributed by atoms with Gasteiger partial charge in [0.1, 0.15) is 5.60 Å². The molecule has 4 heteroatoms. The Balaban J connectivity index is 2.77. The lowest BCUT2D eigenvalue weighted by molar-refractivity contribution is 0.0470. The standard InChI is InChI=1S/C8H14N2O2/c1-4-5-6-9-10-7(12-6)8(2,3)11/h11H,4-5H2,1-3H3. The number of rotatable bonds is 3. The molecule has 1 aromatic rings. The molecule has 0 aliphatic rings. The number of aromatic nitrogens is 2. The Morgan fingerprint density at radius 3 is 2.50 bits per heavy atom. The zero-order chi connectivity index (χ0) is 9.19. The third kappa shape index (κ3) is 2.04. The monoisotopic (exact) mass is 170 g/mol. The molecule has 0 radical (unpaired) electrons. The highest BCUT2D eigenvalue weighted by Crippen LogP contribution is 2.17. The van der Waals surface area contributed by atoms with E-state index < -0.39 is 5.60 Å². The van der Waals surface area contributed by atoms with Gasteiger partial charge in [-0.15, -0.1) is 10.2 Å². The average molecular weight is 170 g/mol. The molecular weight excluding hydrogens is 156 g/mol. The Labute approximate surface area is 71.6 Å². The van der Waals surface area contributed by atoms with Crippen molar-refractivity contribution < 1.29 is 9.52 Å². The lowest BCUT2D eigenvalue weighted by Gasteiger charge is -2.09. The van der Waals surface area contributed by atoms with E-state index in [9.17, 15) is 5.11 Å². The molecule has 1 heterocycles. The summed E-state index contributed by atoms with van der Waals surface area (Å²) >= 11 is 0. The quantitative estimate of drug-likeness (QED) is 0.741. The SMILES string of the molecule is CCCc1nnc(C(C)(C)O)o1. The second-order valence-corrected chi connectivity index (χ2v) is 3.31. The summed E-state index contributed by atoms with van der Waals surface area (Å²) in [4.78, 5) is 0. The Bertz CT molecular complexity index is 250. The van der Waals surface area contributed by atoms with E-state index in [1.807, 2.05) is 6.92 Å². The van der Waals surface area contributed by atoms with Crippen LogP contribution in [-0.4, -0.2) is 15.3 Å². The molecular formula is C8H14N2O2. The van der Waals surface area contributed by atoms with Crippen molar-refractivity contribution in [1.29, 1.82) is 0 Å². The first-order valence-corrected chi connectivity index (χ1v) is 4.09. The van der Waals surface area contributed by atoms with Crippen molar-refractivity contribution in [3.8, 4) is 0 Å². The Hall–Kier alpha value is -0.900. The molecule has 0 bridgehead atoms. The van der Waals surface area contributed by atoms with E-state index in [1.165, 1.54) is 0 Å². The molecule has 0 aromatic carbocycles. The van der Waals surface area contributed by atoms with Crippen LogP contribution in [0.25, 0.3) is 0 Å². The second kappa shape index (κ2) is 3.23. The van der Waals surface area contributed by atoms with Gasteiger partial charge in [0.25, 0.3) is 0 Å². The first kappa shape index (κ1) is 9.19. The zero-order valence-corrected chi connectivity index (χ0v) is 7.66. The van der Waals surface area contributed by atoms with Gasteiger partial charge in [-0.3, -0.25) is 0 Å². The minimum Gasteiger partial charge on any atom is -0.422 e. The molecule has 4 nitrogen and oxygen atoms in total. The number of hydrogen-bond donors (Lipinski definition) is 1. The molecule has 0 saturated carbocycles. The van der Waals surface area contributed by atoms with Crippen LogP contribution in [0.2, 0.25) is 0 Å². The van der Waals surface area contributed by atoms with E-state index in [0.29, 0.717) is 5.89 Å². The van der Waals surface area contributed by atoms with Gasteiger partial charge in [0.15, 0.2) is 0 Å². The van der Waals surface area contributed by atoms with Crippen molar-refractivity contribution in [3.05, 3.63) is 11.8 Å². The first-order chi connectivity index (χ1) is 5.54. The predicted molar refractivity (Wildman–Crippen MR) is 43.5 cm³/mol. The maximum atomic E-state index is 9.47. The van der Waals surface area contributed by atoms with E-state index >= 15 is 0 Å². The van der Waals surface area contributed by atoms with Crippen LogP contribution in [-0.2, 0) is 12.0 Å². The van der Waals surface area contributed by atoms with Crippen molar-refractivity contribution >= 4 is 0 Å². The van der Waals surface area contributed by atoms with Crippen LogP contribution in [0.5, 0.6) is 0 Å². The van der Waals surface area contributed by atoms with Crippen LogP contribution in [0.3, 0.4) is 0 Å². The molecule has 68 valence electrons. The summed E-state index contributed by atoms with van der Waals surface area (Å²) in [5.41, 5.74) is -1.03. The van der Waals surface area contributed by atoms with Crippen molar-refractivity contribution in [3.63, 3.8) is 0 Å². The van der Waals surface area contributed by atoms with Gasteiger partial charge in [-0.1, -0.05) is 6.92 Å². The number of aliphatic hydroxyl groups is 1. The number of hydrogen-bond acceptors (Lipinski definition) is 4. The number of aryl methyl sites for hydroxylation is 1. The molecule has 1 rings (SSSR count). The predicted octanol–water partition coefficient (Wildman–Crippen LogP) is 1.25. The Morgan fingerprint density at radius 1 is 1.42 bits per heavy atom. The second-order valence-electron chi connectivity index (χ2n) is 3.31. The molecule has 0 atom stereocenters. The van der Waals surface area contributed by atoms with Crippen LogP contribution in [0.1, 0.15) is 39.0 Å². The lowest BCUT2D eigenvalue weighted by Crippen LogP contribution is -2.15. The fraction of sp³-hybridized carbons (Fsp3) is 0.750. The molecule has 0 spiro atoms. The maximum absolute atomic E-state index is 9.47. The third-order valence-electron chi connectivity index (χ3n) is 1.45. The van der Waals surface area contributed by atoms with Gasteiger partial charge < -0.3 is 9.52 Å². The maximum Gasteiger partial charge on any atom is 0.247 e. The summed E-state index contributed by atoms with van der Waals surface area (Å²) in [6, 6.07) is 0. The molecule has 12 heavy (non-hydrogen) atoms. The average Bonchev–Trinajstić information content (AvgIpc) is 2.35. The summed E-state index contributed by atoms with van der Waals surface area (Å²) in [6.45, 7) is 5.28. The highest BCUT2D eigenvalue weighted by atomic mass is 16.4. The lowest BCUT2D eigenvalue weighted by atomic mass is 10.1. The van der Waals surface area contributed by atoms with Crippen LogP contribution < -0.4 is 0 Å². The van der Waals surface area contributed by atoms with Crippen LogP contribution in [0, 0.1) is 0 Å². The molecule has 0 amide bonds. The van der Waals surface area contributed by atoms with Crippen LogP contribution >= 0.6 is 0 Å². The van der Waals surface area contributed by atoms with Crippen molar-refractivity contribution in [2.75, 3.05) is 0 Å². The van der Waals surface area contributed by atoms with E-state index in [0.717, 1.165) is 12.8 Å². The minimum absolute atomic E-state index is 0.283. The van der Waals surface area contributed by atoms with Crippen LogP contribution in [0.4, 0.5) is 0 Å². The molecule has 1 aromatic heterocycles. The molecule has 0 saturated heterocycles. The van der Waals surface area contributed by atoms with Gasteiger partial charge in [-0.2, -0.15) is 0 Å². The number of nitrogens with zero attached hydrogens (tertiary/aromatic N) is 2. The van der Waals surface area contributed by atoms with E-state index in [2.05, 4.69) is 10.2 Å². The zero-order valence-electron chi connectivity index (χ0n) is 7.66. The summed E-state index contributed by atoms with van der Waals surface area (Å²) < 4.78 is 5.22. The third-order valence-corrected chi connectivity index (χ3v) is 1.45. The fourth-order valence-electron chi connectivity index (χ4n) is 0.816. The van der Waals surface area contributed by atoms with E-state index in [1.54, 1.807) is 13.8 Å². The first-order valence-electron chi connectivity index (χ1n) is 4.09. The van der Waals surface area contributed by atoms with Crippen molar-refractivity contribution in [1.82, 2.24) is 10.2 Å². The summed E-state index contributed by atoms with van der Waals surface area (Å²) in [5.74, 6) is 0.876. The van der Waals surface area contributed by atoms with Gasteiger partial charge in [-0.05, 0) is 20.3 Å². The molecule has 0 aliphatic heterocycles. The highest BCUT2D eigenvalue weighted by Gasteiger charge is 2.23. The van der Waals surface area contributed by atoms with Gasteiger partial charge in [-0.25, -0.2) is 0 Å². The Kier molecular flexibility index (Phi) is 2.47. The van der Waals surface area contributed by atoms with Gasteiger partial charge in [0.2, 0.25) is 11.8 Å². The molecule has 0 fully saturated rings. The summed E-state index contributed by atoms with van der Waals surface area (Å²) in [5, 5.41) is 17.0. The smallest absolute Gasteiger partial charge is 0.247 e. The topological polar surface area (TPSA) is 59.2 Å².